The van der Waals surface area contributed by atoms with Crippen LogP contribution in [0.5, 0.6) is 5.75 Å². The van der Waals surface area contributed by atoms with Crippen molar-refractivity contribution in [3.8, 4) is 5.75 Å². The summed E-state index contributed by atoms with van der Waals surface area (Å²) >= 11 is 19.2. The number of ether oxygens (including phenoxy) is 1. The molecule has 4 nitrogen and oxygen atoms in total. The highest BCUT2D eigenvalue weighted by Crippen LogP contribution is 2.35. The van der Waals surface area contributed by atoms with Gasteiger partial charge in [-0.15, -0.1) is 0 Å². The second kappa shape index (κ2) is 11.4. The summed E-state index contributed by atoms with van der Waals surface area (Å²) in [4.78, 5) is 12.4. The molecule has 0 spiro atoms. The SMILES string of the molecule is O=C(Cc1cccc2ccccc12)N/N=C\c1cc(Br)c(OCc2ccc(Cl)cc2Cl)c(Br)c1. The molecule has 0 saturated heterocycles. The Morgan fingerprint density at radius 1 is 0.941 bits per heavy atom. The number of nitrogens with one attached hydrogen (secondary N) is 1. The summed E-state index contributed by atoms with van der Waals surface area (Å²) in [6, 6.07) is 22.9. The third-order valence-electron chi connectivity index (χ3n) is 5.04. The molecule has 0 aliphatic rings. The molecule has 1 amide bonds. The fourth-order valence-electron chi connectivity index (χ4n) is 3.42. The molecule has 0 saturated carbocycles. The van der Waals surface area contributed by atoms with E-state index in [1.165, 1.54) is 0 Å². The highest BCUT2D eigenvalue weighted by Gasteiger charge is 2.11. The molecule has 4 aromatic carbocycles. The number of amides is 1. The number of carbonyl (C=O) groups excluding carboxylic acids is 1. The largest absolute Gasteiger partial charge is 0.486 e. The van der Waals surface area contributed by atoms with Crippen LogP contribution in [0.25, 0.3) is 10.8 Å². The quantitative estimate of drug-likeness (QED) is 0.168. The van der Waals surface area contributed by atoms with Crippen molar-refractivity contribution >= 4 is 78.0 Å². The number of hydrogen-bond acceptors (Lipinski definition) is 3. The van der Waals surface area contributed by atoms with E-state index in [1.54, 1.807) is 18.3 Å². The Balaban J connectivity index is 1.38. The highest BCUT2D eigenvalue weighted by atomic mass is 79.9. The van der Waals surface area contributed by atoms with Crippen LogP contribution in [0.15, 0.2) is 86.8 Å². The van der Waals surface area contributed by atoms with Crippen molar-refractivity contribution in [1.82, 2.24) is 5.43 Å². The third-order valence-corrected chi connectivity index (χ3v) is 6.81. The molecule has 0 fully saturated rings. The van der Waals surface area contributed by atoms with Crippen LogP contribution in [0.1, 0.15) is 16.7 Å². The van der Waals surface area contributed by atoms with Crippen molar-refractivity contribution in [2.45, 2.75) is 13.0 Å². The predicted molar refractivity (Wildman–Crippen MR) is 146 cm³/mol. The van der Waals surface area contributed by atoms with E-state index in [9.17, 15) is 4.79 Å². The third kappa shape index (κ3) is 6.19. The maximum atomic E-state index is 12.4. The average molecular weight is 621 g/mol. The number of halogens is 4. The van der Waals surface area contributed by atoms with E-state index in [4.69, 9.17) is 27.9 Å². The zero-order valence-corrected chi connectivity index (χ0v) is 22.4. The number of nitrogens with zero attached hydrogens (tertiary/aromatic N) is 1. The minimum absolute atomic E-state index is 0.189. The lowest BCUT2D eigenvalue weighted by Crippen LogP contribution is -2.19. The predicted octanol–water partition coefficient (Wildman–Crippen LogP) is 7.94. The smallest absolute Gasteiger partial charge is 0.244 e. The van der Waals surface area contributed by atoms with Gasteiger partial charge < -0.3 is 4.74 Å². The molecule has 0 aliphatic carbocycles. The summed E-state index contributed by atoms with van der Waals surface area (Å²) in [6.07, 6.45) is 1.82. The lowest BCUT2D eigenvalue weighted by atomic mass is 10.0. The van der Waals surface area contributed by atoms with Crippen LogP contribution in [0.3, 0.4) is 0 Å². The van der Waals surface area contributed by atoms with Gasteiger partial charge in [0.2, 0.25) is 5.91 Å². The van der Waals surface area contributed by atoms with Gasteiger partial charge in [-0.2, -0.15) is 5.10 Å². The fourth-order valence-corrected chi connectivity index (χ4v) is 5.33. The molecular weight excluding hydrogens is 603 g/mol. The molecular formula is C26H18Br2Cl2N2O2. The van der Waals surface area contributed by atoms with Gasteiger partial charge >= 0.3 is 0 Å². The number of hydrazone groups is 1. The maximum absolute atomic E-state index is 12.4. The van der Waals surface area contributed by atoms with Crippen LogP contribution in [0, 0.1) is 0 Å². The van der Waals surface area contributed by atoms with Crippen LogP contribution < -0.4 is 10.2 Å². The second-order valence-electron chi connectivity index (χ2n) is 7.45. The molecule has 8 heteroatoms. The number of carbonyl (C=O) groups is 1. The van der Waals surface area contributed by atoms with E-state index in [-0.39, 0.29) is 18.9 Å². The van der Waals surface area contributed by atoms with Gasteiger partial charge in [0.05, 0.1) is 21.6 Å². The highest BCUT2D eigenvalue weighted by molar-refractivity contribution is 9.11. The zero-order valence-electron chi connectivity index (χ0n) is 17.7. The molecule has 0 aromatic heterocycles. The van der Waals surface area contributed by atoms with Crippen molar-refractivity contribution in [3.05, 3.63) is 108 Å². The lowest BCUT2D eigenvalue weighted by molar-refractivity contribution is -0.120. The maximum Gasteiger partial charge on any atom is 0.244 e. The van der Waals surface area contributed by atoms with Crippen LogP contribution >= 0.6 is 55.1 Å². The average Bonchev–Trinajstić information content (AvgIpc) is 2.80. The first kappa shape index (κ1) is 24.7. The molecule has 0 unspecified atom stereocenters. The summed E-state index contributed by atoms with van der Waals surface area (Å²) in [7, 11) is 0. The van der Waals surface area contributed by atoms with Crippen LogP contribution in [0.4, 0.5) is 0 Å². The molecule has 0 heterocycles. The Morgan fingerprint density at radius 3 is 2.44 bits per heavy atom. The minimum Gasteiger partial charge on any atom is -0.486 e. The first-order chi connectivity index (χ1) is 16.4. The summed E-state index contributed by atoms with van der Waals surface area (Å²) < 4.78 is 7.40. The van der Waals surface area contributed by atoms with Crippen molar-refractivity contribution in [3.63, 3.8) is 0 Å². The molecule has 4 rings (SSSR count). The number of fused-ring (bicyclic) bond motifs is 1. The van der Waals surface area contributed by atoms with E-state index in [0.29, 0.717) is 15.8 Å². The van der Waals surface area contributed by atoms with Crippen molar-refractivity contribution < 1.29 is 9.53 Å². The van der Waals surface area contributed by atoms with E-state index >= 15 is 0 Å². The van der Waals surface area contributed by atoms with E-state index in [1.807, 2.05) is 60.7 Å². The second-order valence-corrected chi connectivity index (χ2v) is 10.00. The van der Waals surface area contributed by atoms with Gasteiger partial charge in [0.15, 0.2) is 0 Å². The zero-order chi connectivity index (χ0) is 24.1. The molecule has 0 bridgehead atoms. The molecule has 0 aliphatic heterocycles. The topological polar surface area (TPSA) is 50.7 Å². The van der Waals surface area contributed by atoms with Gasteiger partial charge in [0.25, 0.3) is 0 Å². The first-order valence-electron chi connectivity index (χ1n) is 10.2. The summed E-state index contributed by atoms with van der Waals surface area (Å²) in [6.45, 7) is 0.283. The summed E-state index contributed by atoms with van der Waals surface area (Å²) in [5.41, 5.74) is 5.16. The van der Waals surface area contributed by atoms with Gasteiger partial charge in [0.1, 0.15) is 12.4 Å². The van der Waals surface area contributed by atoms with Crippen LogP contribution in [-0.2, 0) is 17.8 Å². The van der Waals surface area contributed by atoms with Crippen molar-refractivity contribution in [2.75, 3.05) is 0 Å². The first-order valence-corrected chi connectivity index (χ1v) is 12.6. The van der Waals surface area contributed by atoms with E-state index in [0.717, 1.165) is 36.4 Å². The van der Waals surface area contributed by atoms with E-state index in [2.05, 4.69) is 42.4 Å². The van der Waals surface area contributed by atoms with E-state index < -0.39 is 0 Å². The number of hydrogen-bond donors (Lipinski definition) is 1. The minimum atomic E-state index is -0.189. The van der Waals surface area contributed by atoms with Crippen LogP contribution in [-0.4, -0.2) is 12.1 Å². The summed E-state index contributed by atoms with van der Waals surface area (Å²) in [5.74, 6) is 0.439. The van der Waals surface area contributed by atoms with Gasteiger partial charge in [-0.05, 0) is 78.0 Å². The van der Waals surface area contributed by atoms with Crippen molar-refractivity contribution in [2.24, 2.45) is 5.10 Å². The monoisotopic (exact) mass is 618 g/mol. The van der Waals surface area contributed by atoms with Crippen LogP contribution in [0.2, 0.25) is 10.0 Å². The summed E-state index contributed by atoms with van der Waals surface area (Å²) in [5, 5.41) is 7.39. The van der Waals surface area contributed by atoms with Gasteiger partial charge in [-0.3, -0.25) is 4.79 Å². The molecule has 34 heavy (non-hydrogen) atoms. The molecule has 1 N–H and O–H groups in total. The Labute approximate surface area is 224 Å². The number of rotatable bonds is 7. The van der Waals surface area contributed by atoms with Gasteiger partial charge in [-0.25, -0.2) is 5.43 Å². The molecule has 4 aromatic rings. The lowest BCUT2D eigenvalue weighted by Gasteiger charge is -2.12. The Morgan fingerprint density at radius 2 is 1.68 bits per heavy atom. The van der Waals surface area contributed by atoms with Crippen molar-refractivity contribution in [1.29, 1.82) is 0 Å². The Kier molecular flexibility index (Phi) is 8.27. The standard InChI is InChI=1S/C26H18Br2Cl2N2O2/c27-22-10-16(11-23(28)26(22)34-15-19-8-9-20(29)13-24(19)30)14-31-32-25(33)12-18-6-3-5-17-4-1-2-7-21(17)18/h1-11,13-14H,12,15H2,(H,32,33)/b31-14-. The number of benzene rings is 4. The molecule has 172 valence electrons. The Bertz CT molecular complexity index is 1360. The Hall–Kier alpha value is -2.38. The fraction of sp³-hybridized carbons (Fsp3) is 0.0769. The molecule has 0 radical (unpaired) electrons. The van der Waals surface area contributed by atoms with Gasteiger partial charge in [-0.1, -0.05) is 71.7 Å². The normalized spacial score (nSPS) is 11.2. The van der Waals surface area contributed by atoms with Gasteiger partial charge in [0, 0.05) is 15.6 Å². The molecule has 0 atom stereocenters.